The molecule has 1 aliphatic heterocycles. The van der Waals surface area contributed by atoms with Crippen LogP contribution >= 0.6 is 0 Å². The molecule has 0 bridgehead atoms. The molecule has 0 spiro atoms. The van der Waals surface area contributed by atoms with Crippen molar-refractivity contribution >= 4 is 5.91 Å². The molecule has 1 aliphatic carbocycles. The van der Waals surface area contributed by atoms with Gasteiger partial charge in [-0.05, 0) is 31.6 Å². The number of halogens is 3. The number of rotatable bonds is 2. The zero-order valence-corrected chi connectivity index (χ0v) is 10.2. The summed E-state index contributed by atoms with van der Waals surface area (Å²) >= 11 is 0. The molecule has 1 saturated heterocycles. The maximum Gasteiger partial charge on any atom is 0.405 e. The van der Waals surface area contributed by atoms with E-state index in [2.05, 4.69) is 5.32 Å². The quantitative estimate of drug-likeness (QED) is 0.800. The fourth-order valence-electron chi connectivity index (χ4n) is 3.01. The number of carbonyl (C=O) groups is 1. The Bertz CT molecular complexity index is 306. The second-order valence-electron chi connectivity index (χ2n) is 5.28. The Morgan fingerprint density at radius 2 is 1.89 bits per heavy atom. The molecule has 1 heterocycles. The van der Waals surface area contributed by atoms with Gasteiger partial charge in [-0.25, -0.2) is 0 Å². The van der Waals surface area contributed by atoms with Crippen molar-refractivity contribution in [2.45, 2.75) is 56.8 Å². The van der Waals surface area contributed by atoms with E-state index in [4.69, 9.17) is 0 Å². The molecule has 0 radical (unpaired) electrons. The number of hydrogen-bond donors (Lipinski definition) is 2. The van der Waals surface area contributed by atoms with Crippen molar-refractivity contribution < 1.29 is 18.0 Å². The largest absolute Gasteiger partial charge is 0.405 e. The lowest BCUT2D eigenvalue weighted by Gasteiger charge is -2.39. The average Bonchev–Trinajstić information content (AvgIpc) is 2.34. The summed E-state index contributed by atoms with van der Waals surface area (Å²) in [6.45, 7) is -1.24. The summed E-state index contributed by atoms with van der Waals surface area (Å²) in [6, 6.07) is -0.138. The fourth-order valence-corrected chi connectivity index (χ4v) is 3.01. The van der Waals surface area contributed by atoms with Crippen LogP contribution in [0.4, 0.5) is 13.2 Å². The van der Waals surface area contributed by atoms with Crippen LogP contribution in [0.2, 0.25) is 0 Å². The molecule has 6 heteroatoms. The maximum atomic E-state index is 12.0. The minimum absolute atomic E-state index is 0.314. The van der Waals surface area contributed by atoms with Crippen LogP contribution in [0, 0.1) is 5.92 Å². The molecule has 0 aromatic carbocycles. The number of fused-ring (bicyclic) bond motifs is 1. The normalized spacial score (nSPS) is 32.7. The maximum absolute atomic E-state index is 12.0. The highest BCUT2D eigenvalue weighted by Crippen LogP contribution is 2.32. The lowest BCUT2D eigenvalue weighted by Crippen LogP contribution is -2.55. The predicted molar refractivity (Wildman–Crippen MR) is 61.0 cm³/mol. The highest BCUT2D eigenvalue weighted by Gasteiger charge is 2.35. The minimum Gasteiger partial charge on any atom is -0.346 e. The lowest BCUT2D eigenvalue weighted by atomic mass is 9.77. The van der Waals surface area contributed by atoms with Crippen LogP contribution in [0.5, 0.6) is 0 Å². The van der Waals surface area contributed by atoms with E-state index in [0.717, 1.165) is 19.3 Å². The first-order valence-corrected chi connectivity index (χ1v) is 6.56. The van der Waals surface area contributed by atoms with Gasteiger partial charge in [0.25, 0.3) is 0 Å². The van der Waals surface area contributed by atoms with E-state index in [-0.39, 0.29) is 0 Å². The van der Waals surface area contributed by atoms with E-state index in [1.165, 1.54) is 12.8 Å². The van der Waals surface area contributed by atoms with E-state index in [0.29, 0.717) is 18.4 Å². The Kier molecular flexibility index (Phi) is 4.14. The number of nitrogens with one attached hydrogen (secondary N) is 2. The molecule has 18 heavy (non-hydrogen) atoms. The monoisotopic (exact) mass is 264 g/mol. The van der Waals surface area contributed by atoms with Gasteiger partial charge in [-0.15, -0.1) is 0 Å². The molecular weight excluding hydrogens is 245 g/mol. The molecule has 3 nitrogen and oxygen atoms in total. The summed E-state index contributed by atoms with van der Waals surface area (Å²) in [7, 11) is 0. The summed E-state index contributed by atoms with van der Waals surface area (Å²) in [5, 5.41) is 5.17. The van der Waals surface area contributed by atoms with Gasteiger partial charge < -0.3 is 10.6 Å². The van der Waals surface area contributed by atoms with Crippen molar-refractivity contribution in [3.05, 3.63) is 0 Å². The molecule has 2 N–H and O–H groups in total. The van der Waals surface area contributed by atoms with Gasteiger partial charge in [0, 0.05) is 6.04 Å². The third-order valence-corrected chi connectivity index (χ3v) is 3.93. The van der Waals surface area contributed by atoms with Gasteiger partial charge in [-0.2, -0.15) is 13.2 Å². The number of hydrogen-bond acceptors (Lipinski definition) is 2. The number of amides is 1. The van der Waals surface area contributed by atoms with Gasteiger partial charge >= 0.3 is 6.18 Å². The van der Waals surface area contributed by atoms with Gasteiger partial charge in [-0.3, -0.25) is 4.79 Å². The summed E-state index contributed by atoms with van der Waals surface area (Å²) in [5.41, 5.74) is 0. The van der Waals surface area contributed by atoms with Crippen LogP contribution in [0.25, 0.3) is 0 Å². The Hall–Kier alpha value is -0.780. The summed E-state index contributed by atoms with van der Waals surface area (Å²) in [6.07, 6.45) is 1.84. The first kappa shape index (κ1) is 13.6. The second-order valence-corrected chi connectivity index (χ2v) is 5.28. The Labute approximate surface area is 104 Å². The highest BCUT2D eigenvalue weighted by atomic mass is 19.4. The molecule has 1 amide bonds. The number of carbonyl (C=O) groups excluding carboxylic acids is 1. The van der Waals surface area contributed by atoms with Crippen LogP contribution in [0.1, 0.15) is 38.5 Å². The molecule has 0 aromatic rings. The second kappa shape index (κ2) is 5.47. The molecule has 3 unspecified atom stereocenters. The van der Waals surface area contributed by atoms with Crippen molar-refractivity contribution in [2.75, 3.05) is 6.54 Å². The Morgan fingerprint density at radius 1 is 1.17 bits per heavy atom. The summed E-state index contributed by atoms with van der Waals surface area (Å²) in [5.74, 6) is 0.0850. The number of piperidine rings is 1. The Balaban J connectivity index is 1.81. The minimum atomic E-state index is -4.34. The van der Waals surface area contributed by atoms with Crippen molar-refractivity contribution in [1.82, 2.24) is 10.6 Å². The standard InChI is InChI=1S/C12H19F3N2O/c13-12(14,15)7-16-11(18)10-6-5-8-3-1-2-4-9(8)17-10/h8-10,17H,1-7H2,(H,16,18). The molecule has 2 aliphatic rings. The van der Waals surface area contributed by atoms with E-state index in [1.807, 2.05) is 5.32 Å². The number of alkyl halides is 3. The molecule has 2 fully saturated rings. The molecule has 1 saturated carbocycles. The Morgan fingerprint density at radius 3 is 2.61 bits per heavy atom. The van der Waals surface area contributed by atoms with Crippen molar-refractivity contribution in [2.24, 2.45) is 5.92 Å². The third kappa shape index (κ3) is 3.60. The van der Waals surface area contributed by atoms with Crippen LogP contribution in [-0.4, -0.2) is 30.7 Å². The first-order valence-electron chi connectivity index (χ1n) is 6.56. The van der Waals surface area contributed by atoms with Gasteiger partial charge in [0.15, 0.2) is 0 Å². The van der Waals surface area contributed by atoms with Crippen LogP contribution in [0.3, 0.4) is 0 Å². The molecule has 104 valence electrons. The van der Waals surface area contributed by atoms with Crippen LogP contribution < -0.4 is 10.6 Å². The van der Waals surface area contributed by atoms with Crippen molar-refractivity contribution in [3.63, 3.8) is 0 Å². The van der Waals surface area contributed by atoms with Crippen LogP contribution in [-0.2, 0) is 4.79 Å². The van der Waals surface area contributed by atoms with E-state index < -0.39 is 24.7 Å². The first-order chi connectivity index (χ1) is 8.46. The third-order valence-electron chi connectivity index (χ3n) is 3.93. The van der Waals surface area contributed by atoms with E-state index in [1.54, 1.807) is 0 Å². The van der Waals surface area contributed by atoms with E-state index in [9.17, 15) is 18.0 Å². The molecular formula is C12H19F3N2O. The zero-order chi connectivity index (χ0) is 13.2. The molecule has 2 rings (SSSR count). The van der Waals surface area contributed by atoms with Crippen molar-refractivity contribution in [1.29, 1.82) is 0 Å². The summed E-state index contributed by atoms with van der Waals surface area (Å²) < 4.78 is 36.0. The smallest absolute Gasteiger partial charge is 0.346 e. The SMILES string of the molecule is O=C(NCC(F)(F)F)C1CCC2CCCCC2N1. The van der Waals surface area contributed by atoms with Gasteiger partial charge in [0.05, 0.1) is 6.04 Å². The predicted octanol–water partition coefficient (Wildman–Crippen LogP) is 1.98. The zero-order valence-electron chi connectivity index (χ0n) is 10.2. The van der Waals surface area contributed by atoms with Crippen molar-refractivity contribution in [3.8, 4) is 0 Å². The molecule has 0 aromatic heterocycles. The van der Waals surface area contributed by atoms with Gasteiger partial charge in [0.2, 0.25) is 5.91 Å². The highest BCUT2D eigenvalue weighted by molar-refractivity contribution is 5.81. The summed E-state index contributed by atoms with van der Waals surface area (Å²) in [4.78, 5) is 11.6. The average molecular weight is 264 g/mol. The van der Waals surface area contributed by atoms with Gasteiger partial charge in [0.1, 0.15) is 6.54 Å². The fraction of sp³-hybridized carbons (Fsp3) is 0.917. The molecule has 3 atom stereocenters. The topological polar surface area (TPSA) is 41.1 Å². The van der Waals surface area contributed by atoms with Crippen LogP contribution in [0.15, 0.2) is 0 Å². The van der Waals surface area contributed by atoms with E-state index >= 15 is 0 Å². The van der Waals surface area contributed by atoms with Gasteiger partial charge in [-0.1, -0.05) is 12.8 Å². The lowest BCUT2D eigenvalue weighted by molar-refractivity contribution is -0.140.